The highest BCUT2D eigenvalue weighted by molar-refractivity contribution is 5.90. The van der Waals surface area contributed by atoms with Crippen LogP contribution in [0.25, 0.3) is 0 Å². The summed E-state index contributed by atoms with van der Waals surface area (Å²) < 4.78 is 19.5. The van der Waals surface area contributed by atoms with E-state index in [-0.39, 0.29) is 35.7 Å². The van der Waals surface area contributed by atoms with E-state index in [1.807, 2.05) is 0 Å². The number of aliphatic carboxylic acids is 1. The molecule has 8 rings (SSSR count). The molecule has 8 aliphatic rings. The minimum atomic E-state index is -1.16. The molecule has 250 valence electrons. The summed E-state index contributed by atoms with van der Waals surface area (Å²) in [6, 6.07) is 0. The van der Waals surface area contributed by atoms with Crippen LogP contribution in [-0.4, -0.2) is 73.1 Å². The van der Waals surface area contributed by atoms with Crippen LogP contribution in [0.4, 0.5) is 0 Å². The average Bonchev–Trinajstić information content (AvgIpc) is 3.83. The first-order valence-corrected chi connectivity index (χ1v) is 18.8. The van der Waals surface area contributed by atoms with Crippen molar-refractivity contribution in [2.75, 3.05) is 32.8 Å². The smallest absolute Gasteiger partial charge is 0.315 e. The first-order valence-electron chi connectivity index (χ1n) is 18.8. The molecule has 0 aromatic rings. The topological polar surface area (TPSA) is 85.3 Å². The number of carboxylic acids is 1. The van der Waals surface area contributed by atoms with Gasteiger partial charge in [0.25, 0.3) is 0 Å². The summed E-state index contributed by atoms with van der Waals surface area (Å²) in [5.74, 6) is 1.32. The molecule has 7 heteroatoms. The predicted octanol–water partition coefficient (Wildman–Crippen LogP) is 6.49. The second-order valence-corrected chi connectivity index (χ2v) is 17.2. The molecule has 7 fully saturated rings. The van der Waals surface area contributed by atoms with Crippen LogP contribution >= 0.6 is 0 Å². The summed E-state index contributed by atoms with van der Waals surface area (Å²) in [5, 5.41) is 11.6. The first-order chi connectivity index (χ1) is 21.7. The van der Waals surface area contributed by atoms with Gasteiger partial charge in [-0.05, 0) is 73.5 Å². The number of carbonyl (C=O) groups is 2. The fourth-order valence-corrected chi connectivity index (χ4v) is 13.4. The van der Waals surface area contributed by atoms with Crippen molar-refractivity contribution < 1.29 is 28.9 Å². The molecular weight excluding hydrogens is 566 g/mol. The van der Waals surface area contributed by atoms with Gasteiger partial charge in [-0.3, -0.25) is 4.79 Å². The molecule has 0 radical (unpaired) electrons. The second kappa shape index (κ2) is 11.1. The number of fused-ring (bicyclic) bond motifs is 2. The van der Waals surface area contributed by atoms with Crippen LogP contribution in [0.5, 0.6) is 0 Å². The summed E-state index contributed by atoms with van der Waals surface area (Å²) >= 11 is 0. The van der Waals surface area contributed by atoms with Gasteiger partial charge in [0.05, 0.1) is 30.8 Å². The molecule has 3 saturated heterocycles. The zero-order valence-corrected chi connectivity index (χ0v) is 28.0. The van der Waals surface area contributed by atoms with E-state index >= 15 is 0 Å². The largest absolute Gasteiger partial charge is 0.481 e. The van der Waals surface area contributed by atoms with Crippen LogP contribution in [-0.2, 0) is 23.8 Å². The van der Waals surface area contributed by atoms with E-state index in [1.165, 1.54) is 44.8 Å². The van der Waals surface area contributed by atoms with Crippen molar-refractivity contribution in [3.63, 3.8) is 0 Å². The lowest BCUT2D eigenvalue weighted by Gasteiger charge is -2.60. The van der Waals surface area contributed by atoms with Gasteiger partial charge in [-0.15, -0.1) is 0 Å². The minimum Gasteiger partial charge on any atom is -0.481 e. The second-order valence-electron chi connectivity index (χ2n) is 17.2. The number of nitrogens with zero attached hydrogens (tertiary/aromatic N) is 1. The Morgan fingerprint density at radius 3 is 2.47 bits per heavy atom. The number of allylic oxidation sites excluding steroid dienone is 1. The molecule has 0 aromatic carbocycles. The fourth-order valence-electron chi connectivity index (χ4n) is 13.4. The lowest BCUT2D eigenvalue weighted by Crippen LogP contribution is -2.65. The van der Waals surface area contributed by atoms with Gasteiger partial charge in [-0.2, -0.15) is 0 Å². The van der Waals surface area contributed by atoms with E-state index in [9.17, 15) is 14.7 Å². The number of hydrogen-bond acceptors (Lipinski definition) is 6. The zero-order chi connectivity index (χ0) is 31.2. The molecule has 5 aliphatic carbocycles. The molecule has 7 nitrogen and oxygen atoms in total. The summed E-state index contributed by atoms with van der Waals surface area (Å²) in [7, 11) is 0. The molecule has 3 aliphatic heterocycles. The number of ether oxygens (including phenoxy) is 3. The number of hydrogen-bond donors (Lipinski definition) is 1. The number of rotatable bonds is 8. The summed E-state index contributed by atoms with van der Waals surface area (Å²) in [6.45, 7) is 10.8. The Kier molecular flexibility index (Phi) is 7.67. The zero-order valence-electron chi connectivity index (χ0n) is 28.0. The Labute approximate surface area is 270 Å². The fraction of sp³-hybridized carbons (Fsp3) is 0.895. The third kappa shape index (κ3) is 4.21. The number of likely N-dealkylation sites (tertiary alicyclic amines) is 1. The summed E-state index contributed by atoms with van der Waals surface area (Å²) in [6.07, 6.45) is 17.7. The van der Waals surface area contributed by atoms with Crippen LogP contribution in [0, 0.1) is 57.7 Å². The van der Waals surface area contributed by atoms with Crippen molar-refractivity contribution in [1.82, 2.24) is 4.90 Å². The Morgan fingerprint density at radius 2 is 1.80 bits per heavy atom. The Hall–Kier alpha value is -1.28. The minimum absolute atomic E-state index is 0.0939. The third-order valence-electron chi connectivity index (χ3n) is 15.2. The third-order valence-corrected chi connectivity index (χ3v) is 15.2. The highest BCUT2D eigenvalue weighted by Crippen LogP contribution is 2.84. The Balaban J connectivity index is 1.15. The van der Waals surface area contributed by atoms with Crippen molar-refractivity contribution in [2.45, 2.75) is 122 Å². The van der Waals surface area contributed by atoms with Crippen LogP contribution in [0.1, 0.15) is 104 Å². The van der Waals surface area contributed by atoms with Crippen molar-refractivity contribution in [1.29, 1.82) is 0 Å². The molecule has 3 heterocycles. The molecule has 1 N–H and O–H groups in total. The lowest BCUT2D eigenvalue weighted by atomic mass is 9.41. The monoisotopic (exact) mass is 623 g/mol. The van der Waals surface area contributed by atoms with Crippen LogP contribution in [0.15, 0.2) is 11.6 Å². The molecule has 10 atom stereocenters. The quantitative estimate of drug-likeness (QED) is 0.244. The van der Waals surface area contributed by atoms with Crippen LogP contribution < -0.4 is 0 Å². The standard InChI is InChI=1S/C38H57NO6/c1-24(2)31-19-28-20-35(23-40)30-10-9-25(3)29(30)21-37(28,38(31,35)34(41)42)33-18-27(17-26-7-5-4-6-8-26)32(45-33)22-39-13-11-36(12-14-39)43-15-16-44-36/h19,23-30,32-33H,4-18,20-22H2,1-3H3,(H,41,42)/t25-,27?,28?,29-,30-,32?,33?,35?,37?,38?/m1/s1. The maximum Gasteiger partial charge on any atom is 0.315 e. The predicted molar refractivity (Wildman–Crippen MR) is 170 cm³/mol. The van der Waals surface area contributed by atoms with Crippen molar-refractivity contribution >= 4 is 12.3 Å². The molecule has 4 saturated carbocycles. The number of carbonyl (C=O) groups excluding carboxylic acids is 1. The first kappa shape index (κ1) is 31.0. The van der Waals surface area contributed by atoms with Gasteiger partial charge in [0.2, 0.25) is 0 Å². The number of carboxylic acid groups (broad SMARTS) is 1. The molecule has 7 unspecified atom stereocenters. The van der Waals surface area contributed by atoms with Gasteiger partial charge in [-0.1, -0.05) is 70.9 Å². The summed E-state index contributed by atoms with van der Waals surface area (Å²) in [5.41, 5.74) is -1.50. The highest BCUT2D eigenvalue weighted by atomic mass is 16.7. The Morgan fingerprint density at radius 1 is 1.07 bits per heavy atom. The van der Waals surface area contributed by atoms with Gasteiger partial charge < -0.3 is 29.0 Å². The van der Waals surface area contributed by atoms with Gasteiger partial charge in [-0.25, -0.2) is 0 Å². The normalized spacial score (nSPS) is 47.5. The number of aldehydes is 1. The van der Waals surface area contributed by atoms with Crippen molar-refractivity contribution in [3.8, 4) is 0 Å². The highest BCUT2D eigenvalue weighted by Gasteiger charge is 2.86. The maximum atomic E-state index is 14.1. The average molecular weight is 624 g/mol. The molecule has 45 heavy (non-hydrogen) atoms. The number of piperidine rings is 1. The van der Waals surface area contributed by atoms with E-state index < -0.39 is 22.2 Å². The van der Waals surface area contributed by atoms with Crippen LogP contribution in [0.3, 0.4) is 0 Å². The van der Waals surface area contributed by atoms with E-state index in [2.05, 4.69) is 31.7 Å². The van der Waals surface area contributed by atoms with E-state index in [0.29, 0.717) is 37.4 Å². The van der Waals surface area contributed by atoms with Gasteiger partial charge in [0.1, 0.15) is 11.7 Å². The molecule has 1 spiro atoms. The maximum absolute atomic E-state index is 14.1. The molecule has 4 bridgehead atoms. The van der Waals surface area contributed by atoms with Crippen molar-refractivity contribution in [3.05, 3.63) is 11.6 Å². The lowest BCUT2D eigenvalue weighted by molar-refractivity contribution is -0.199. The van der Waals surface area contributed by atoms with E-state index in [0.717, 1.165) is 69.7 Å². The van der Waals surface area contributed by atoms with E-state index in [4.69, 9.17) is 14.2 Å². The van der Waals surface area contributed by atoms with Crippen molar-refractivity contribution in [2.24, 2.45) is 57.7 Å². The summed E-state index contributed by atoms with van der Waals surface area (Å²) in [4.78, 5) is 30.3. The van der Waals surface area contributed by atoms with Gasteiger partial charge in [0.15, 0.2) is 5.79 Å². The van der Waals surface area contributed by atoms with E-state index in [1.54, 1.807) is 0 Å². The SMILES string of the molecule is CC(C)C1=CC2CC3(C=O)[C@@H]4CC[C@@H](C)[C@H]4CC2(C2CC(CC4CCCCC4)C(CN4CCC5(CC4)OCCO5)O2)C13C(=O)O. The molecule has 0 aromatic heterocycles. The van der Waals surface area contributed by atoms with Gasteiger partial charge in [0, 0.05) is 37.9 Å². The van der Waals surface area contributed by atoms with Crippen LogP contribution in [0.2, 0.25) is 0 Å². The Bertz CT molecular complexity index is 1190. The van der Waals surface area contributed by atoms with Gasteiger partial charge >= 0.3 is 5.97 Å². The molecular formula is C38H57NO6. The molecule has 0 amide bonds.